The average molecular weight is 269 g/mol. The SMILES string of the molecule is COC(=O)N/N=C\c1cc(OC)c(O)c([N+](=O)[O-])c1. The van der Waals surface area contributed by atoms with Gasteiger partial charge in [0.05, 0.1) is 25.4 Å². The molecule has 1 aromatic rings. The maximum atomic E-state index is 10.7. The summed E-state index contributed by atoms with van der Waals surface area (Å²) >= 11 is 0. The summed E-state index contributed by atoms with van der Waals surface area (Å²) in [7, 11) is 2.42. The fourth-order valence-corrected chi connectivity index (χ4v) is 1.19. The Labute approximate surface area is 107 Å². The van der Waals surface area contributed by atoms with Gasteiger partial charge in [0.25, 0.3) is 0 Å². The molecule has 0 spiro atoms. The molecule has 0 bridgehead atoms. The molecule has 0 aromatic heterocycles. The van der Waals surface area contributed by atoms with Crippen molar-refractivity contribution in [1.29, 1.82) is 0 Å². The fourth-order valence-electron chi connectivity index (χ4n) is 1.19. The van der Waals surface area contributed by atoms with E-state index in [0.717, 1.165) is 12.3 Å². The molecular formula is C10H11N3O6. The summed E-state index contributed by atoms with van der Waals surface area (Å²) in [6.07, 6.45) is 0.364. The van der Waals surface area contributed by atoms with Gasteiger partial charge in [-0.3, -0.25) is 10.1 Å². The topological polar surface area (TPSA) is 123 Å². The van der Waals surface area contributed by atoms with Crippen molar-refractivity contribution in [2.75, 3.05) is 14.2 Å². The van der Waals surface area contributed by atoms with Crippen LogP contribution in [-0.4, -0.2) is 36.6 Å². The van der Waals surface area contributed by atoms with Crippen LogP contribution in [0.1, 0.15) is 5.56 Å². The number of carbonyl (C=O) groups excluding carboxylic acids is 1. The molecule has 0 aliphatic carbocycles. The van der Waals surface area contributed by atoms with Gasteiger partial charge < -0.3 is 14.6 Å². The summed E-state index contributed by atoms with van der Waals surface area (Å²) in [5, 5.41) is 23.8. The van der Waals surface area contributed by atoms with Crippen LogP contribution in [0.5, 0.6) is 11.5 Å². The molecule has 1 amide bonds. The smallest absolute Gasteiger partial charge is 0.427 e. The Kier molecular flexibility index (Phi) is 4.63. The van der Waals surface area contributed by atoms with Gasteiger partial charge in [0.1, 0.15) is 0 Å². The maximum Gasteiger partial charge on any atom is 0.427 e. The zero-order chi connectivity index (χ0) is 14.4. The van der Waals surface area contributed by atoms with E-state index < -0.39 is 22.5 Å². The number of hydrazone groups is 1. The van der Waals surface area contributed by atoms with Crippen molar-refractivity contribution in [2.45, 2.75) is 0 Å². The number of carbonyl (C=O) groups is 1. The predicted octanol–water partition coefficient (Wildman–Crippen LogP) is 0.999. The number of nitrogens with zero attached hydrogens (tertiary/aromatic N) is 2. The molecule has 0 fully saturated rings. The number of ether oxygens (including phenoxy) is 2. The molecule has 1 aromatic carbocycles. The van der Waals surface area contributed by atoms with Crippen molar-refractivity contribution in [3.8, 4) is 11.5 Å². The third kappa shape index (κ3) is 3.56. The first kappa shape index (κ1) is 14.2. The largest absolute Gasteiger partial charge is 0.500 e. The monoisotopic (exact) mass is 269 g/mol. The number of benzene rings is 1. The van der Waals surface area contributed by atoms with E-state index >= 15 is 0 Å². The van der Waals surface area contributed by atoms with E-state index in [9.17, 15) is 20.0 Å². The Morgan fingerprint density at radius 3 is 2.74 bits per heavy atom. The summed E-state index contributed by atoms with van der Waals surface area (Å²) in [6.45, 7) is 0. The van der Waals surface area contributed by atoms with Gasteiger partial charge >= 0.3 is 11.8 Å². The first-order valence-corrected chi connectivity index (χ1v) is 4.92. The van der Waals surface area contributed by atoms with Gasteiger partial charge in [-0.2, -0.15) is 5.10 Å². The normalized spacial score (nSPS) is 10.2. The highest BCUT2D eigenvalue weighted by Crippen LogP contribution is 2.36. The zero-order valence-corrected chi connectivity index (χ0v) is 10.1. The van der Waals surface area contributed by atoms with Crippen LogP contribution >= 0.6 is 0 Å². The molecule has 1 rings (SSSR count). The number of hydrogen-bond acceptors (Lipinski definition) is 7. The third-order valence-electron chi connectivity index (χ3n) is 2.05. The number of nitro benzene ring substituents is 1. The van der Waals surface area contributed by atoms with E-state index in [1.165, 1.54) is 20.3 Å². The van der Waals surface area contributed by atoms with Crippen LogP contribution in [0.2, 0.25) is 0 Å². The van der Waals surface area contributed by atoms with E-state index in [1.54, 1.807) is 0 Å². The minimum atomic E-state index is -0.781. The van der Waals surface area contributed by atoms with Crippen LogP contribution in [0.15, 0.2) is 17.2 Å². The molecule has 19 heavy (non-hydrogen) atoms. The van der Waals surface area contributed by atoms with Gasteiger partial charge in [-0.05, 0) is 6.07 Å². The van der Waals surface area contributed by atoms with Gasteiger partial charge in [-0.25, -0.2) is 10.2 Å². The number of nitrogens with one attached hydrogen (secondary N) is 1. The van der Waals surface area contributed by atoms with E-state index in [0.29, 0.717) is 0 Å². The Morgan fingerprint density at radius 1 is 1.53 bits per heavy atom. The molecule has 9 heteroatoms. The minimum absolute atomic E-state index is 0.0753. The second-order valence-electron chi connectivity index (χ2n) is 3.21. The second kappa shape index (κ2) is 6.19. The minimum Gasteiger partial charge on any atom is -0.500 e. The summed E-state index contributed by atoms with van der Waals surface area (Å²) in [5.41, 5.74) is 1.75. The number of phenolic OH excluding ortho intramolecular Hbond substituents is 1. The summed E-state index contributed by atoms with van der Waals surface area (Å²) in [5.74, 6) is -0.653. The molecule has 0 atom stereocenters. The Bertz CT molecular complexity index is 528. The number of hydrogen-bond donors (Lipinski definition) is 2. The summed E-state index contributed by atoms with van der Waals surface area (Å²) in [4.78, 5) is 20.7. The maximum absolute atomic E-state index is 10.7. The molecule has 0 heterocycles. The molecule has 0 saturated carbocycles. The lowest BCUT2D eigenvalue weighted by molar-refractivity contribution is -0.386. The van der Waals surface area contributed by atoms with Crippen molar-refractivity contribution in [2.24, 2.45) is 5.10 Å². The van der Waals surface area contributed by atoms with E-state index in [-0.39, 0.29) is 11.3 Å². The number of nitro groups is 1. The molecule has 9 nitrogen and oxygen atoms in total. The van der Waals surface area contributed by atoms with Crippen LogP contribution in [0.4, 0.5) is 10.5 Å². The summed E-state index contributed by atoms with van der Waals surface area (Å²) in [6, 6.07) is 2.41. The van der Waals surface area contributed by atoms with Crippen LogP contribution in [0, 0.1) is 10.1 Å². The van der Waals surface area contributed by atoms with Crippen LogP contribution in [0.3, 0.4) is 0 Å². The van der Waals surface area contributed by atoms with Crippen molar-refractivity contribution in [3.05, 3.63) is 27.8 Å². The standard InChI is InChI=1S/C10H11N3O6/c1-18-8-4-6(5-11-12-10(15)19-2)3-7(9(8)14)13(16)17/h3-5,14H,1-2H3,(H,12,15)/b11-5-. The van der Waals surface area contributed by atoms with Crippen molar-refractivity contribution >= 4 is 18.0 Å². The van der Waals surface area contributed by atoms with E-state index in [1.807, 2.05) is 5.43 Å². The average Bonchev–Trinajstić information content (AvgIpc) is 2.39. The molecule has 102 valence electrons. The van der Waals surface area contributed by atoms with Crippen LogP contribution in [-0.2, 0) is 4.74 Å². The highest BCUT2D eigenvalue weighted by molar-refractivity contribution is 5.84. The molecule has 0 aliphatic heterocycles. The predicted molar refractivity (Wildman–Crippen MR) is 64.4 cm³/mol. The lowest BCUT2D eigenvalue weighted by Crippen LogP contribution is -2.16. The molecular weight excluding hydrogens is 258 g/mol. The summed E-state index contributed by atoms with van der Waals surface area (Å²) < 4.78 is 9.07. The van der Waals surface area contributed by atoms with E-state index in [4.69, 9.17) is 4.74 Å². The third-order valence-corrected chi connectivity index (χ3v) is 2.05. The lowest BCUT2D eigenvalue weighted by Gasteiger charge is -2.04. The molecule has 0 saturated heterocycles. The lowest BCUT2D eigenvalue weighted by atomic mass is 10.2. The quantitative estimate of drug-likeness (QED) is 0.477. The Hall–Kier alpha value is -2.84. The Morgan fingerprint density at radius 2 is 2.21 bits per heavy atom. The number of phenols is 1. The van der Waals surface area contributed by atoms with Gasteiger partial charge in [-0.1, -0.05) is 0 Å². The van der Waals surface area contributed by atoms with Crippen molar-refractivity contribution in [3.63, 3.8) is 0 Å². The fraction of sp³-hybridized carbons (Fsp3) is 0.200. The highest BCUT2D eigenvalue weighted by atomic mass is 16.6. The zero-order valence-electron chi connectivity index (χ0n) is 10.1. The van der Waals surface area contributed by atoms with Gasteiger partial charge in [0.2, 0.25) is 5.75 Å². The van der Waals surface area contributed by atoms with Crippen LogP contribution in [0.25, 0.3) is 0 Å². The van der Waals surface area contributed by atoms with Gasteiger partial charge in [0, 0.05) is 11.6 Å². The number of methoxy groups -OCH3 is 2. The first-order valence-electron chi connectivity index (χ1n) is 4.92. The van der Waals surface area contributed by atoms with Crippen molar-refractivity contribution < 1.29 is 24.3 Å². The van der Waals surface area contributed by atoms with E-state index in [2.05, 4.69) is 9.84 Å². The van der Waals surface area contributed by atoms with Gasteiger partial charge in [0.15, 0.2) is 5.75 Å². The van der Waals surface area contributed by atoms with Gasteiger partial charge in [-0.15, -0.1) is 0 Å². The van der Waals surface area contributed by atoms with Crippen molar-refractivity contribution in [1.82, 2.24) is 5.43 Å². The molecule has 0 radical (unpaired) electrons. The van der Waals surface area contributed by atoms with Crippen LogP contribution < -0.4 is 10.2 Å². The molecule has 0 unspecified atom stereocenters. The molecule has 0 aliphatic rings. The number of amides is 1. The Balaban J connectivity index is 3.05. The second-order valence-corrected chi connectivity index (χ2v) is 3.21. The number of rotatable bonds is 4. The number of aromatic hydroxyl groups is 1. The highest BCUT2D eigenvalue weighted by Gasteiger charge is 2.19. The molecule has 2 N–H and O–H groups in total. The first-order chi connectivity index (χ1) is 8.99.